The van der Waals surface area contributed by atoms with Crippen molar-refractivity contribution in [2.75, 3.05) is 0 Å². The van der Waals surface area contributed by atoms with Crippen LogP contribution in [0.5, 0.6) is 0 Å². The molecule has 0 aromatic rings. The summed E-state index contributed by atoms with van der Waals surface area (Å²) in [4.78, 5) is 0. The second-order valence-electron chi connectivity index (χ2n) is 3.65. The number of nitrogens with two attached hydrogens (primary N) is 1. The Morgan fingerprint density at radius 3 is 2.50 bits per heavy atom. The van der Waals surface area contributed by atoms with E-state index in [1.807, 2.05) is 0 Å². The molecule has 1 atom stereocenters. The van der Waals surface area contributed by atoms with Gasteiger partial charge in [-0.2, -0.15) is 0 Å². The molecule has 2 radical (unpaired) electrons. The maximum atomic E-state index is 8.60. The van der Waals surface area contributed by atoms with Crippen molar-refractivity contribution in [2.24, 2.45) is 16.8 Å². The van der Waals surface area contributed by atoms with Crippen LogP contribution in [0.1, 0.15) is 45.4 Å². The minimum absolute atomic E-state index is 0.228. The summed E-state index contributed by atoms with van der Waals surface area (Å²) in [7, 11) is 5.41. The fourth-order valence-electron chi connectivity index (χ4n) is 1.51. The summed E-state index contributed by atoms with van der Waals surface area (Å²) in [6, 6.07) is 0. The molecule has 0 rings (SSSR count). The molecule has 0 bridgehead atoms. The Bertz CT molecular complexity index is 162. The van der Waals surface area contributed by atoms with E-state index in [9.17, 15) is 0 Å². The predicted molar refractivity (Wildman–Crippen MR) is 60.8 cm³/mol. The summed E-state index contributed by atoms with van der Waals surface area (Å²) in [5, 5.41) is 11.7. The Kier molecular flexibility index (Phi) is 8.49. The van der Waals surface area contributed by atoms with Gasteiger partial charge in [0, 0.05) is 5.92 Å². The van der Waals surface area contributed by atoms with Crippen LogP contribution in [0.2, 0.25) is 6.32 Å². The van der Waals surface area contributed by atoms with Crippen LogP contribution in [0.4, 0.5) is 0 Å². The van der Waals surface area contributed by atoms with Crippen molar-refractivity contribution >= 4 is 13.7 Å². The molecule has 0 saturated heterocycles. The van der Waals surface area contributed by atoms with Crippen LogP contribution in [0.3, 0.4) is 0 Å². The third kappa shape index (κ3) is 5.89. The van der Waals surface area contributed by atoms with E-state index in [1.54, 1.807) is 0 Å². The third-order valence-corrected chi connectivity index (χ3v) is 2.45. The molecule has 0 saturated carbocycles. The highest BCUT2D eigenvalue weighted by atomic mass is 16.4. The van der Waals surface area contributed by atoms with Gasteiger partial charge in [0.05, 0.1) is 7.85 Å². The number of rotatable bonds is 8. The molecule has 0 aromatic carbocycles. The van der Waals surface area contributed by atoms with E-state index in [4.69, 9.17) is 18.8 Å². The summed E-state index contributed by atoms with van der Waals surface area (Å²) < 4.78 is 0. The van der Waals surface area contributed by atoms with E-state index in [2.05, 4.69) is 12.1 Å². The quantitative estimate of drug-likeness (QED) is 0.156. The molecule has 1 unspecified atom stereocenters. The van der Waals surface area contributed by atoms with Gasteiger partial charge in [0.25, 0.3) is 0 Å². The number of hydrogen-bond acceptors (Lipinski definition) is 2. The van der Waals surface area contributed by atoms with E-state index in [-0.39, 0.29) is 5.92 Å². The smallest absolute Gasteiger partial charge is 0.142 e. The lowest BCUT2D eigenvalue weighted by atomic mass is 9.92. The molecule has 0 aliphatic rings. The van der Waals surface area contributed by atoms with Crippen LogP contribution < -0.4 is 5.73 Å². The number of amidine groups is 1. The minimum atomic E-state index is 0.228. The van der Waals surface area contributed by atoms with E-state index < -0.39 is 0 Å². The van der Waals surface area contributed by atoms with Crippen LogP contribution in [0.25, 0.3) is 0 Å². The van der Waals surface area contributed by atoms with Gasteiger partial charge in [-0.05, 0) is 12.8 Å². The number of oxime groups is 1. The number of nitrogens with zero attached hydrogens (tertiary/aromatic N) is 1. The molecular weight excluding hydrogens is 175 g/mol. The van der Waals surface area contributed by atoms with Gasteiger partial charge in [-0.3, -0.25) is 0 Å². The normalized spacial score (nSPS) is 14.2. The van der Waals surface area contributed by atoms with Crippen molar-refractivity contribution in [3.8, 4) is 0 Å². The Hall–Kier alpha value is -0.665. The molecule has 0 fully saturated rings. The largest absolute Gasteiger partial charge is 0.409 e. The first-order valence-corrected chi connectivity index (χ1v) is 5.43. The fourth-order valence-corrected chi connectivity index (χ4v) is 1.51. The lowest BCUT2D eigenvalue weighted by Crippen LogP contribution is -2.23. The summed E-state index contributed by atoms with van der Waals surface area (Å²) in [5.41, 5.74) is 5.61. The molecule has 3 N–H and O–H groups in total. The molecule has 3 nitrogen and oxygen atoms in total. The van der Waals surface area contributed by atoms with Gasteiger partial charge >= 0.3 is 0 Å². The first-order valence-electron chi connectivity index (χ1n) is 5.43. The average molecular weight is 196 g/mol. The van der Waals surface area contributed by atoms with Gasteiger partial charge in [-0.25, -0.2) is 0 Å². The molecular formula is C10H21BN2O. The van der Waals surface area contributed by atoms with Gasteiger partial charge in [0.15, 0.2) is 0 Å². The molecule has 0 aromatic heterocycles. The number of hydrogen-bond donors (Lipinski definition) is 2. The molecule has 0 aliphatic heterocycles. The zero-order chi connectivity index (χ0) is 10.8. The second kappa shape index (κ2) is 8.91. The van der Waals surface area contributed by atoms with Crippen LogP contribution in [-0.2, 0) is 0 Å². The molecule has 0 aliphatic carbocycles. The Balaban J connectivity index is 3.85. The number of unbranched alkanes of at least 4 members (excludes halogenated alkanes) is 2. The lowest BCUT2D eigenvalue weighted by molar-refractivity contribution is 0.311. The van der Waals surface area contributed by atoms with Crippen LogP contribution in [0, 0.1) is 5.92 Å². The monoisotopic (exact) mass is 196 g/mol. The Morgan fingerprint density at radius 1 is 1.36 bits per heavy atom. The van der Waals surface area contributed by atoms with E-state index in [1.165, 1.54) is 0 Å². The summed E-state index contributed by atoms with van der Waals surface area (Å²) in [6.07, 6.45) is 7.05. The van der Waals surface area contributed by atoms with Gasteiger partial charge in [0.2, 0.25) is 0 Å². The summed E-state index contributed by atoms with van der Waals surface area (Å²) in [5.74, 6) is 0.599. The topological polar surface area (TPSA) is 58.6 Å². The van der Waals surface area contributed by atoms with Crippen LogP contribution >= 0.6 is 0 Å². The zero-order valence-electron chi connectivity index (χ0n) is 9.08. The highest BCUT2D eigenvalue weighted by molar-refractivity contribution is 6.08. The standard InChI is InChI=1S/C10H21BN2O/c1-2-3-6-9(10(12)13-14)7-4-5-8-11/h9,14H,2-8H2,1H3,(H2,12,13). The van der Waals surface area contributed by atoms with Crippen molar-refractivity contribution in [2.45, 2.75) is 51.8 Å². The summed E-state index contributed by atoms with van der Waals surface area (Å²) >= 11 is 0. The summed E-state index contributed by atoms with van der Waals surface area (Å²) in [6.45, 7) is 2.14. The Labute approximate surface area is 88.2 Å². The average Bonchev–Trinajstić information content (AvgIpc) is 2.22. The second-order valence-corrected chi connectivity index (χ2v) is 3.65. The third-order valence-electron chi connectivity index (χ3n) is 2.45. The van der Waals surface area contributed by atoms with E-state index in [0.29, 0.717) is 5.84 Å². The van der Waals surface area contributed by atoms with Crippen LogP contribution in [0.15, 0.2) is 5.16 Å². The van der Waals surface area contributed by atoms with E-state index in [0.717, 1.165) is 44.8 Å². The van der Waals surface area contributed by atoms with Crippen molar-refractivity contribution in [1.82, 2.24) is 0 Å². The van der Waals surface area contributed by atoms with E-state index >= 15 is 0 Å². The Morgan fingerprint density at radius 2 is 2.00 bits per heavy atom. The highest BCUT2D eigenvalue weighted by Crippen LogP contribution is 2.16. The van der Waals surface area contributed by atoms with Gasteiger partial charge in [-0.15, -0.1) is 0 Å². The van der Waals surface area contributed by atoms with Gasteiger partial charge < -0.3 is 10.9 Å². The van der Waals surface area contributed by atoms with Crippen molar-refractivity contribution < 1.29 is 5.21 Å². The highest BCUT2D eigenvalue weighted by Gasteiger charge is 2.12. The molecule has 14 heavy (non-hydrogen) atoms. The lowest BCUT2D eigenvalue weighted by Gasteiger charge is -2.14. The molecule has 0 amide bonds. The zero-order valence-corrected chi connectivity index (χ0v) is 9.08. The van der Waals surface area contributed by atoms with Gasteiger partial charge in [-0.1, -0.05) is 44.1 Å². The maximum absolute atomic E-state index is 8.60. The molecule has 80 valence electrons. The molecule has 0 spiro atoms. The predicted octanol–water partition coefficient (Wildman–Crippen LogP) is 2.30. The minimum Gasteiger partial charge on any atom is -0.409 e. The molecule has 0 heterocycles. The van der Waals surface area contributed by atoms with Crippen LogP contribution in [-0.4, -0.2) is 18.9 Å². The van der Waals surface area contributed by atoms with Crippen molar-refractivity contribution in [3.05, 3.63) is 0 Å². The van der Waals surface area contributed by atoms with Crippen molar-refractivity contribution in [3.63, 3.8) is 0 Å². The first kappa shape index (κ1) is 13.3. The first-order chi connectivity index (χ1) is 6.76. The van der Waals surface area contributed by atoms with Crippen molar-refractivity contribution in [1.29, 1.82) is 0 Å². The SMILES string of the molecule is [B]CCCCC(CCCC)/C(N)=N/O. The molecule has 4 heteroatoms. The fraction of sp³-hybridized carbons (Fsp3) is 0.900. The maximum Gasteiger partial charge on any atom is 0.142 e. The van der Waals surface area contributed by atoms with Gasteiger partial charge in [0.1, 0.15) is 5.84 Å².